The molecule has 6 nitrogen and oxygen atoms in total. The van der Waals surface area contributed by atoms with Crippen LogP contribution in [0.4, 0.5) is 0 Å². The lowest BCUT2D eigenvalue weighted by atomic mass is 10.2. The first-order valence-corrected chi connectivity index (χ1v) is 8.19. The molecule has 1 N–H and O–H groups in total. The highest BCUT2D eigenvalue weighted by molar-refractivity contribution is 5.79. The zero-order valence-corrected chi connectivity index (χ0v) is 14.8. The highest BCUT2D eigenvalue weighted by atomic mass is 16.3. The molecule has 130 valence electrons. The fraction of sp³-hybridized carbons (Fsp3) is 0.263. The smallest absolute Gasteiger partial charge is 0.226 e. The Morgan fingerprint density at radius 1 is 1.24 bits per heavy atom. The number of guanidine groups is 1. The van der Waals surface area contributed by atoms with Crippen LogP contribution in [0.15, 0.2) is 64.3 Å². The van der Waals surface area contributed by atoms with E-state index < -0.39 is 0 Å². The molecule has 1 aromatic carbocycles. The molecule has 0 radical (unpaired) electrons. The third kappa shape index (κ3) is 4.09. The Balaban J connectivity index is 1.60. The van der Waals surface area contributed by atoms with Gasteiger partial charge in [0, 0.05) is 38.6 Å². The van der Waals surface area contributed by atoms with Crippen molar-refractivity contribution in [2.24, 2.45) is 12.0 Å². The van der Waals surface area contributed by atoms with Crippen molar-refractivity contribution >= 4 is 5.96 Å². The van der Waals surface area contributed by atoms with Crippen molar-refractivity contribution in [3.63, 3.8) is 0 Å². The molecule has 2 heterocycles. The van der Waals surface area contributed by atoms with Gasteiger partial charge in [-0.1, -0.05) is 18.2 Å². The van der Waals surface area contributed by atoms with Crippen LogP contribution in [0.5, 0.6) is 0 Å². The van der Waals surface area contributed by atoms with Gasteiger partial charge in [-0.2, -0.15) is 0 Å². The summed E-state index contributed by atoms with van der Waals surface area (Å²) in [6, 6.07) is 14.0. The second-order valence-corrected chi connectivity index (χ2v) is 5.88. The summed E-state index contributed by atoms with van der Waals surface area (Å²) < 4.78 is 7.67. The van der Waals surface area contributed by atoms with Crippen LogP contribution in [0.25, 0.3) is 11.5 Å². The Bertz CT molecular complexity index is 834. The van der Waals surface area contributed by atoms with E-state index in [2.05, 4.69) is 30.8 Å². The minimum Gasteiger partial charge on any atom is -0.444 e. The van der Waals surface area contributed by atoms with Gasteiger partial charge in [0.15, 0.2) is 5.96 Å². The molecule has 2 aromatic heterocycles. The van der Waals surface area contributed by atoms with Crippen molar-refractivity contribution in [2.45, 2.75) is 13.1 Å². The topological polar surface area (TPSA) is 58.6 Å². The van der Waals surface area contributed by atoms with Crippen molar-refractivity contribution in [3.05, 3.63) is 66.3 Å². The predicted molar refractivity (Wildman–Crippen MR) is 99.0 cm³/mol. The van der Waals surface area contributed by atoms with Gasteiger partial charge in [-0.15, -0.1) is 0 Å². The molecular weight excluding hydrogens is 314 g/mol. The van der Waals surface area contributed by atoms with Crippen molar-refractivity contribution in [1.29, 1.82) is 0 Å². The molecule has 6 heteroatoms. The van der Waals surface area contributed by atoms with E-state index in [9.17, 15) is 0 Å². The number of nitrogens with zero attached hydrogens (tertiary/aromatic N) is 4. The lowest BCUT2D eigenvalue weighted by Gasteiger charge is -2.22. The van der Waals surface area contributed by atoms with Gasteiger partial charge in [-0.05, 0) is 24.3 Å². The van der Waals surface area contributed by atoms with Crippen LogP contribution in [-0.2, 0) is 20.1 Å². The number of hydrogen-bond acceptors (Lipinski definition) is 3. The summed E-state index contributed by atoms with van der Waals surface area (Å²) in [6.45, 7) is 1.33. The maximum absolute atomic E-state index is 5.57. The van der Waals surface area contributed by atoms with Gasteiger partial charge >= 0.3 is 0 Å². The van der Waals surface area contributed by atoms with Gasteiger partial charge in [0.25, 0.3) is 0 Å². The normalized spacial score (nSPS) is 11.6. The van der Waals surface area contributed by atoms with Crippen LogP contribution in [0.1, 0.15) is 11.4 Å². The summed E-state index contributed by atoms with van der Waals surface area (Å²) in [6.07, 6.45) is 3.72. The van der Waals surface area contributed by atoms with E-state index in [0.29, 0.717) is 12.4 Å². The zero-order chi connectivity index (χ0) is 17.6. The summed E-state index contributed by atoms with van der Waals surface area (Å²) in [5, 5.41) is 3.33. The lowest BCUT2D eigenvalue weighted by Crippen LogP contribution is -2.38. The van der Waals surface area contributed by atoms with Gasteiger partial charge in [-0.3, -0.25) is 4.99 Å². The first-order valence-electron chi connectivity index (χ1n) is 8.19. The number of benzene rings is 1. The zero-order valence-electron chi connectivity index (χ0n) is 14.8. The summed E-state index contributed by atoms with van der Waals surface area (Å²) >= 11 is 0. The van der Waals surface area contributed by atoms with Gasteiger partial charge in [0.2, 0.25) is 5.89 Å². The number of hydrogen-bond donors (Lipinski definition) is 1. The van der Waals surface area contributed by atoms with E-state index in [1.165, 1.54) is 5.69 Å². The summed E-state index contributed by atoms with van der Waals surface area (Å²) in [4.78, 5) is 10.9. The molecule has 3 rings (SSSR count). The molecule has 0 fully saturated rings. The van der Waals surface area contributed by atoms with E-state index in [1.807, 2.05) is 56.7 Å². The molecule has 0 saturated carbocycles. The average Bonchev–Trinajstić information content (AvgIpc) is 3.26. The Morgan fingerprint density at radius 3 is 2.72 bits per heavy atom. The van der Waals surface area contributed by atoms with Crippen molar-refractivity contribution < 1.29 is 4.42 Å². The first-order chi connectivity index (χ1) is 12.2. The fourth-order valence-corrected chi connectivity index (χ4v) is 2.63. The van der Waals surface area contributed by atoms with Crippen molar-refractivity contribution in [2.75, 3.05) is 14.1 Å². The Morgan fingerprint density at radius 2 is 2.04 bits per heavy atom. The number of aromatic nitrogens is 2. The Labute approximate surface area is 147 Å². The standard InChI is InChI=1S/C19H23N5O/c1-20-19(24(3)13-17-10-7-11-23(17)2)21-12-16-14-25-18(22-16)15-8-5-4-6-9-15/h4-11,14H,12-13H2,1-3H3,(H,20,21). The number of aryl methyl sites for hydroxylation is 1. The summed E-state index contributed by atoms with van der Waals surface area (Å²) in [5.74, 6) is 1.44. The average molecular weight is 337 g/mol. The Kier molecular flexibility index (Phi) is 5.18. The molecule has 0 atom stereocenters. The quantitative estimate of drug-likeness (QED) is 0.574. The van der Waals surface area contributed by atoms with Crippen LogP contribution in [-0.4, -0.2) is 34.5 Å². The number of oxazole rings is 1. The molecule has 0 aliphatic heterocycles. The maximum atomic E-state index is 5.57. The second-order valence-electron chi connectivity index (χ2n) is 5.88. The number of aliphatic imine (C=N–C) groups is 1. The van der Waals surface area contributed by atoms with Crippen LogP contribution in [0, 0.1) is 0 Å². The highest BCUT2D eigenvalue weighted by Crippen LogP contribution is 2.17. The van der Waals surface area contributed by atoms with Crippen LogP contribution >= 0.6 is 0 Å². The molecule has 0 aliphatic carbocycles. The van der Waals surface area contributed by atoms with Crippen LogP contribution in [0.2, 0.25) is 0 Å². The SMILES string of the molecule is CN=C(NCc1coc(-c2ccccc2)n1)N(C)Cc1cccn1C. The van der Waals surface area contributed by atoms with Crippen molar-refractivity contribution in [3.8, 4) is 11.5 Å². The maximum Gasteiger partial charge on any atom is 0.226 e. The van der Waals surface area contributed by atoms with Crippen LogP contribution < -0.4 is 5.32 Å². The summed E-state index contributed by atoms with van der Waals surface area (Å²) in [5.41, 5.74) is 3.03. The minimum absolute atomic E-state index is 0.556. The Hall–Kier alpha value is -3.02. The van der Waals surface area contributed by atoms with E-state index in [0.717, 1.165) is 23.8 Å². The lowest BCUT2D eigenvalue weighted by molar-refractivity contribution is 0.461. The van der Waals surface area contributed by atoms with Crippen molar-refractivity contribution in [1.82, 2.24) is 19.8 Å². The van der Waals surface area contributed by atoms with E-state index in [-0.39, 0.29) is 0 Å². The van der Waals surface area contributed by atoms with E-state index in [4.69, 9.17) is 4.42 Å². The van der Waals surface area contributed by atoms with Crippen LogP contribution in [0.3, 0.4) is 0 Å². The number of rotatable bonds is 5. The molecule has 0 saturated heterocycles. The summed E-state index contributed by atoms with van der Waals surface area (Å²) in [7, 11) is 5.84. The highest BCUT2D eigenvalue weighted by Gasteiger charge is 2.10. The molecule has 0 spiro atoms. The predicted octanol–water partition coefficient (Wildman–Crippen LogP) is 2.89. The second kappa shape index (κ2) is 7.70. The molecular formula is C19H23N5O. The molecule has 3 aromatic rings. The minimum atomic E-state index is 0.556. The van der Waals surface area contributed by atoms with Gasteiger partial charge < -0.3 is 19.2 Å². The molecule has 0 bridgehead atoms. The molecule has 0 amide bonds. The largest absolute Gasteiger partial charge is 0.444 e. The van der Waals surface area contributed by atoms with Gasteiger partial charge in [0.05, 0.1) is 18.8 Å². The first kappa shape index (κ1) is 16.8. The monoisotopic (exact) mass is 337 g/mol. The van der Waals surface area contributed by atoms with E-state index in [1.54, 1.807) is 13.3 Å². The fourth-order valence-electron chi connectivity index (χ4n) is 2.63. The van der Waals surface area contributed by atoms with Gasteiger partial charge in [-0.25, -0.2) is 4.98 Å². The third-order valence-electron chi connectivity index (χ3n) is 4.02. The molecule has 25 heavy (non-hydrogen) atoms. The van der Waals surface area contributed by atoms with E-state index >= 15 is 0 Å². The molecule has 0 aliphatic rings. The molecule has 0 unspecified atom stereocenters. The van der Waals surface area contributed by atoms with Gasteiger partial charge in [0.1, 0.15) is 6.26 Å². The third-order valence-corrected chi connectivity index (χ3v) is 4.02. The number of nitrogens with one attached hydrogen (secondary N) is 1.